The summed E-state index contributed by atoms with van der Waals surface area (Å²) >= 11 is 11.2. The lowest BCUT2D eigenvalue weighted by Gasteiger charge is -2.13. The number of hydrazine groups is 1. The van der Waals surface area contributed by atoms with Crippen molar-refractivity contribution < 1.29 is 19.1 Å². The van der Waals surface area contributed by atoms with Crippen LogP contribution in [0.1, 0.15) is 35.3 Å². The number of nitrogens with one attached hydrogen (secondary N) is 3. The van der Waals surface area contributed by atoms with Crippen LogP contribution in [0.15, 0.2) is 36.4 Å². The number of hydrogen-bond donors (Lipinski definition) is 3. The average molecular weight is 464 g/mol. The molecule has 0 atom stereocenters. The van der Waals surface area contributed by atoms with Crippen molar-refractivity contribution in [3.05, 3.63) is 58.1 Å². The van der Waals surface area contributed by atoms with Crippen LogP contribution in [0.4, 0.5) is 0 Å². The Balaban J connectivity index is 1.79. The van der Waals surface area contributed by atoms with Crippen molar-refractivity contribution in [1.82, 2.24) is 16.2 Å². The van der Waals surface area contributed by atoms with Gasteiger partial charge in [0.15, 0.2) is 11.7 Å². The molecule has 2 aromatic rings. The van der Waals surface area contributed by atoms with Gasteiger partial charge in [0, 0.05) is 10.6 Å². The zero-order chi connectivity index (χ0) is 23.0. The zero-order valence-electron chi connectivity index (χ0n) is 17.9. The first-order valence-corrected chi connectivity index (χ1v) is 10.5. The number of ether oxygens (including phenoxy) is 2. The highest BCUT2D eigenvalue weighted by Gasteiger charge is 2.11. The fraction of sp³-hybridized carbons (Fsp3) is 0.318. The first-order chi connectivity index (χ1) is 14.7. The molecule has 9 heteroatoms. The highest BCUT2D eigenvalue weighted by atomic mass is 35.5. The van der Waals surface area contributed by atoms with Gasteiger partial charge in [0.05, 0.1) is 6.61 Å². The minimum Gasteiger partial charge on any atom is -0.493 e. The molecule has 0 radical (unpaired) electrons. The second kappa shape index (κ2) is 11.5. The normalized spacial score (nSPS) is 10.4. The predicted octanol–water partition coefficient (Wildman–Crippen LogP) is 3.71. The zero-order valence-corrected chi connectivity index (χ0v) is 19.4. The number of carbonyl (C=O) groups excluding carboxylic acids is 2. The SMILES string of the molecule is Cc1cc(OCC(=O)NNC(=S)NC(=O)c2cccc(OCC(C)C)c2)cc(C)c1Cl. The van der Waals surface area contributed by atoms with Crippen molar-refractivity contribution in [2.75, 3.05) is 13.2 Å². The van der Waals surface area contributed by atoms with Gasteiger partial charge in [0.25, 0.3) is 11.8 Å². The van der Waals surface area contributed by atoms with E-state index in [0.717, 1.165) is 11.1 Å². The Morgan fingerprint density at radius 3 is 2.35 bits per heavy atom. The van der Waals surface area contributed by atoms with E-state index in [1.54, 1.807) is 36.4 Å². The van der Waals surface area contributed by atoms with Crippen LogP contribution in [-0.2, 0) is 4.79 Å². The number of halogens is 1. The van der Waals surface area contributed by atoms with Crippen molar-refractivity contribution in [2.45, 2.75) is 27.7 Å². The first-order valence-electron chi connectivity index (χ1n) is 9.68. The van der Waals surface area contributed by atoms with Crippen LogP contribution in [0.2, 0.25) is 5.02 Å². The lowest BCUT2D eigenvalue weighted by atomic mass is 10.1. The van der Waals surface area contributed by atoms with Gasteiger partial charge >= 0.3 is 0 Å². The molecule has 0 heterocycles. The highest BCUT2D eigenvalue weighted by Crippen LogP contribution is 2.25. The Morgan fingerprint density at radius 2 is 1.71 bits per heavy atom. The topological polar surface area (TPSA) is 88.7 Å². The van der Waals surface area contributed by atoms with E-state index in [1.807, 2.05) is 27.7 Å². The monoisotopic (exact) mass is 463 g/mol. The fourth-order valence-corrected chi connectivity index (χ4v) is 2.75. The van der Waals surface area contributed by atoms with E-state index >= 15 is 0 Å². The van der Waals surface area contributed by atoms with Crippen molar-refractivity contribution in [3.8, 4) is 11.5 Å². The van der Waals surface area contributed by atoms with Gasteiger partial charge in [-0.15, -0.1) is 0 Å². The van der Waals surface area contributed by atoms with E-state index in [2.05, 4.69) is 16.2 Å². The number of thiocarbonyl (C=S) groups is 1. The number of rotatable bonds is 7. The van der Waals surface area contributed by atoms with Crippen molar-refractivity contribution >= 4 is 40.7 Å². The highest BCUT2D eigenvalue weighted by molar-refractivity contribution is 7.80. The molecule has 2 aromatic carbocycles. The largest absolute Gasteiger partial charge is 0.493 e. The third-order valence-corrected chi connectivity index (χ3v) is 4.80. The summed E-state index contributed by atoms with van der Waals surface area (Å²) in [7, 11) is 0. The van der Waals surface area contributed by atoms with Crippen LogP contribution in [0.25, 0.3) is 0 Å². The number of carbonyl (C=O) groups is 2. The van der Waals surface area contributed by atoms with Gasteiger partial charge in [0.2, 0.25) is 0 Å². The summed E-state index contributed by atoms with van der Waals surface area (Å²) in [5.41, 5.74) is 6.95. The molecule has 3 N–H and O–H groups in total. The molecule has 0 aliphatic rings. The van der Waals surface area contributed by atoms with Gasteiger partial charge in [-0.25, -0.2) is 0 Å². The summed E-state index contributed by atoms with van der Waals surface area (Å²) in [4.78, 5) is 24.3. The minimum atomic E-state index is -0.467. The van der Waals surface area contributed by atoms with Gasteiger partial charge < -0.3 is 9.47 Å². The Morgan fingerprint density at radius 1 is 1.03 bits per heavy atom. The summed E-state index contributed by atoms with van der Waals surface area (Å²) in [6, 6.07) is 10.3. The Hall–Kier alpha value is -2.84. The maximum atomic E-state index is 12.3. The van der Waals surface area contributed by atoms with E-state index in [4.69, 9.17) is 33.3 Å². The maximum Gasteiger partial charge on any atom is 0.276 e. The summed E-state index contributed by atoms with van der Waals surface area (Å²) in [5, 5.41) is 3.11. The van der Waals surface area contributed by atoms with Crippen LogP contribution in [0, 0.1) is 19.8 Å². The summed E-state index contributed by atoms with van der Waals surface area (Å²) in [6.07, 6.45) is 0. The third-order valence-electron chi connectivity index (χ3n) is 4.00. The molecule has 0 aliphatic carbocycles. The Kier molecular flexibility index (Phi) is 9.08. The molecular weight excluding hydrogens is 438 g/mol. The minimum absolute atomic E-state index is 0.0509. The molecule has 31 heavy (non-hydrogen) atoms. The van der Waals surface area contributed by atoms with Crippen LogP contribution in [-0.4, -0.2) is 30.1 Å². The predicted molar refractivity (Wildman–Crippen MR) is 125 cm³/mol. The van der Waals surface area contributed by atoms with E-state index in [1.165, 1.54) is 0 Å². The molecule has 0 aliphatic heterocycles. The number of aryl methyl sites for hydroxylation is 2. The lowest BCUT2D eigenvalue weighted by molar-refractivity contribution is -0.123. The van der Waals surface area contributed by atoms with E-state index in [-0.39, 0.29) is 11.7 Å². The average Bonchev–Trinajstić information content (AvgIpc) is 2.73. The number of hydrogen-bond acceptors (Lipinski definition) is 5. The molecule has 0 bridgehead atoms. The molecule has 0 unspecified atom stereocenters. The van der Waals surface area contributed by atoms with E-state index in [0.29, 0.717) is 34.6 Å². The van der Waals surface area contributed by atoms with Crippen LogP contribution < -0.4 is 25.6 Å². The molecule has 0 spiro atoms. The fourth-order valence-electron chi connectivity index (χ4n) is 2.50. The standard InChI is InChI=1S/C22H26ClN3O4S/c1-13(2)11-29-17-7-5-6-16(10-17)21(28)24-22(31)26-25-19(27)12-30-18-8-14(3)20(23)15(4)9-18/h5-10,13H,11-12H2,1-4H3,(H,25,27)(H2,24,26,28,31). The molecule has 2 amide bonds. The number of benzene rings is 2. The third kappa shape index (κ3) is 8.07. The first kappa shape index (κ1) is 24.4. The van der Waals surface area contributed by atoms with Crippen LogP contribution >= 0.6 is 23.8 Å². The Labute approximate surface area is 192 Å². The molecule has 7 nitrogen and oxygen atoms in total. The van der Waals surface area contributed by atoms with Crippen molar-refractivity contribution in [2.24, 2.45) is 5.92 Å². The molecule has 0 saturated carbocycles. The second-order valence-electron chi connectivity index (χ2n) is 7.35. The smallest absolute Gasteiger partial charge is 0.276 e. The molecular formula is C22H26ClN3O4S. The summed E-state index contributed by atoms with van der Waals surface area (Å²) in [5.74, 6) is 0.606. The summed E-state index contributed by atoms with van der Waals surface area (Å²) < 4.78 is 11.1. The molecule has 0 aromatic heterocycles. The van der Waals surface area contributed by atoms with Gasteiger partial charge in [-0.2, -0.15) is 0 Å². The van der Waals surface area contributed by atoms with Crippen LogP contribution in [0.3, 0.4) is 0 Å². The van der Waals surface area contributed by atoms with Gasteiger partial charge in [-0.05, 0) is 73.4 Å². The molecule has 0 saturated heterocycles. The quantitative estimate of drug-likeness (QED) is 0.428. The molecule has 166 valence electrons. The molecule has 2 rings (SSSR count). The van der Waals surface area contributed by atoms with E-state index < -0.39 is 11.8 Å². The second-order valence-corrected chi connectivity index (χ2v) is 8.14. The van der Waals surface area contributed by atoms with Gasteiger partial charge in [0.1, 0.15) is 11.5 Å². The summed E-state index contributed by atoms with van der Waals surface area (Å²) in [6.45, 7) is 8.11. The van der Waals surface area contributed by atoms with Crippen LogP contribution in [0.5, 0.6) is 11.5 Å². The van der Waals surface area contributed by atoms with Gasteiger partial charge in [-0.1, -0.05) is 31.5 Å². The molecule has 0 fully saturated rings. The van der Waals surface area contributed by atoms with Gasteiger partial charge in [-0.3, -0.25) is 25.8 Å². The number of amides is 2. The lowest BCUT2D eigenvalue weighted by Crippen LogP contribution is -2.49. The Bertz CT molecular complexity index is 943. The van der Waals surface area contributed by atoms with Crippen molar-refractivity contribution in [3.63, 3.8) is 0 Å². The maximum absolute atomic E-state index is 12.3. The van der Waals surface area contributed by atoms with Crippen molar-refractivity contribution in [1.29, 1.82) is 0 Å². The van der Waals surface area contributed by atoms with E-state index in [9.17, 15) is 9.59 Å².